The van der Waals surface area contributed by atoms with Gasteiger partial charge in [0.25, 0.3) is 0 Å². The molecule has 0 radical (unpaired) electrons. The van der Waals surface area contributed by atoms with E-state index in [0.717, 1.165) is 22.8 Å². The maximum atomic E-state index is 4.42. The minimum absolute atomic E-state index is 0.299. The molecule has 19 heavy (non-hydrogen) atoms. The van der Waals surface area contributed by atoms with Gasteiger partial charge in [0.2, 0.25) is 0 Å². The normalized spacial score (nSPS) is 20.8. The summed E-state index contributed by atoms with van der Waals surface area (Å²) < 4.78 is 1.06. The highest BCUT2D eigenvalue weighted by Gasteiger charge is 2.33. The molecular formula is C15H24BrN3. The third-order valence-electron chi connectivity index (χ3n) is 4.27. The van der Waals surface area contributed by atoms with Crippen molar-refractivity contribution in [1.29, 1.82) is 0 Å². The largest absolute Gasteiger partial charge is 0.370 e. The molecule has 0 aromatic carbocycles. The second-order valence-corrected chi connectivity index (χ2v) is 7.26. The van der Waals surface area contributed by atoms with Gasteiger partial charge >= 0.3 is 0 Å². The number of aryl methyl sites for hydroxylation is 1. The van der Waals surface area contributed by atoms with Crippen LogP contribution in [0.1, 0.15) is 25.8 Å². The monoisotopic (exact) mass is 325 g/mol. The molecule has 0 amide bonds. The molecule has 1 N–H and O–H groups in total. The highest BCUT2D eigenvalue weighted by Crippen LogP contribution is 2.34. The van der Waals surface area contributed by atoms with Gasteiger partial charge in [0.05, 0.1) is 0 Å². The van der Waals surface area contributed by atoms with Crippen LogP contribution in [0.3, 0.4) is 0 Å². The summed E-state index contributed by atoms with van der Waals surface area (Å²) in [4.78, 5) is 6.84. The van der Waals surface area contributed by atoms with Gasteiger partial charge in [0, 0.05) is 23.8 Å². The van der Waals surface area contributed by atoms with E-state index in [9.17, 15) is 0 Å². The Balaban J connectivity index is 1.95. The summed E-state index contributed by atoms with van der Waals surface area (Å²) in [6.45, 7) is 10.2. The average molecular weight is 326 g/mol. The molecule has 0 bridgehead atoms. The van der Waals surface area contributed by atoms with Crippen molar-refractivity contribution in [3.63, 3.8) is 0 Å². The highest BCUT2D eigenvalue weighted by molar-refractivity contribution is 9.10. The first-order chi connectivity index (χ1) is 8.88. The Kier molecular flexibility index (Phi) is 4.51. The van der Waals surface area contributed by atoms with Crippen LogP contribution in [0.2, 0.25) is 0 Å². The molecule has 1 aromatic heterocycles. The number of rotatable bonds is 4. The Hall–Kier alpha value is -0.610. The quantitative estimate of drug-likeness (QED) is 0.917. The van der Waals surface area contributed by atoms with Crippen molar-refractivity contribution in [2.45, 2.75) is 27.2 Å². The van der Waals surface area contributed by atoms with Crippen LogP contribution in [0.15, 0.2) is 16.7 Å². The molecule has 1 atom stereocenters. The molecule has 3 nitrogen and oxygen atoms in total. The first-order valence-corrected chi connectivity index (χ1v) is 7.72. The van der Waals surface area contributed by atoms with E-state index in [2.05, 4.69) is 65.0 Å². The van der Waals surface area contributed by atoms with Gasteiger partial charge in [-0.2, -0.15) is 0 Å². The number of aromatic nitrogens is 1. The number of likely N-dealkylation sites (tertiary alicyclic amines) is 1. The standard InChI is InChI=1S/C15H24BrN3/c1-11-7-14(17-8-13(11)16)18-10-15(2,3)12-5-6-19(4)9-12/h7-8,12H,5-6,9-10H2,1-4H3,(H,17,18). The lowest BCUT2D eigenvalue weighted by atomic mass is 9.78. The van der Waals surface area contributed by atoms with E-state index in [1.807, 2.05) is 6.20 Å². The number of hydrogen-bond donors (Lipinski definition) is 1. The van der Waals surface area contributed by atoms with Gasteiger partial charge in [-0.3, -0.25) is 0 Å². The van der Waals surface area contributed by atoms with Crippen LogP contribution in [-0.4, -0.2) is 36.6 Å². The lowest BCUT2D eigenvalue weighted by Gasteiger charge is -2.32. The van der Waals surface area contributed by atoms with E-state index in [1.165, 1.54) is 25.1 Å². The van der Waals surface area contributed by atoms with Crippen LogP contribution >= 0.6 is 15.9 Å². The Labute approximate surface area is 124 Å². The summed E-state index contributed by atoms with van der Waals surface area (Å²) in [5.41, 5.74) is 1.52. The third kappa shape index (κ3) is 3.69. The smallest absolute Gasteiger partial charge is 0.126 e. The molecule has 106 valence electrons. The molecule has 2 heterocycles. The molecule has 1 unspecified atom stereocenters. The number of nitrogens with one attached hydrogen (secondary N) is 1. The average Bonchev–Trinajstić information content (AvgIpc) is 2.78. The van der Waals surface area contributed by atoms with Gasteiger partial charge in [-0.25, -0.2) is 4.98 Å². The van der Waals surface area contributed by atoms with E-state index in [-0.39, 0.29) is 0 Å². The zero-order chi connectivity index (χ0) is 14.0. The molecule has 0 saturated carbocycles. The van der Waals surface area contributed by atoms with E-state index >= 15 is 0 Å². The highest BCUT2D eigenvalue weighted by atomic mass is 79.9. The fourth-order valence-electron chi connectivity index (χ4n) is 2.67. The SMILES string of the molecule is Cc1cc(NCC(C)(C)C2CCN(C)C2)ncc1Br. The van der Waals surface area contributed by atoms with Crippen molar-refractivity contribution in [1.82, 2.24) is 9.88 Å². The zero-order valence-electron chi connectivity index (χ0n) is 12.3. The van der Waals surface area contributed by atoms with E-state index < -0.39 is 0 Å². The van der Waals surface area contributed by atoms with Gasteiger partial charge < -0.3 is 10.2 Å². The first-order valence-electron chi connectivity index (χ1n) is 6.93. The van der Waals surface area contributed by atoms with Crippen LogP contribution in [0.5, 0.6) is 0 Å². The van der Waals surface area contributed by atoms with Gasteiger partial charge in [0.15, 0.2) is 0 Å². The summed E-state index contributed by atoms with van der Waals surface area (Å²) in [5, 5.41) is 3.49. The second kappa shape index (κ2) is 5.80. The van der Waals surface area contributed by atoms with Crippen LogP contribution in [0.4, 0.5) is 5.82 Å². The van der Waals surface area contributed by atoms with Crippen LogP contribution in [0.25, 0.3) is 0 Å². The topological polar surface area (TPSA) is 28.2 Å². The summed E-state index contributed by atoms with van der Waals surface area (Å²) in [7, 11) is 2.21. The summed E-state index contributed by atoms with van der Waals surface area (Å²) >= 11 is 3.48. The molecule has 0 aliphatic carbocycles. The summed E-state index contributed by atoms with van der Waals surface area (Å²) in [6, 6.07) is 2.10. The molecule has 1 aliphatic rings. The van der Waals surface area contributed by atoms with Crippen LogP contribution in [-0.2, 0) is 0 Å². The zero-order valence-corrected chi connectivity index (χ0v) is 13.9. The van der Waals surface area contributed by atoms with Gasteiger partial charge in [-0.05, 0) is 65.8 Å². The van der Waals surface area contributed by atoms with E-state index in [0.29, 0.717) is 5.41 Å². The molecule has 1 fully saturated rings. The van der Waals surface area contributed by atoms with Crippen molar-refractivity contribution >= 4 is 21.7 Å². The van der Waals surface area contributed by atoms with Crippen molar-refractivity contribution in [3.8, 4) is 0 Å². The summed E-state index contributed by atoms with van der Waals surface area (Å²) in [6.07, 6.45) is 3.17. The maximum absolute atomic E-state index is 4.42. The van der Waals surface area contributed by atoms with Crippen LogP contribution < -0.4 is 5.32 Å². The number of halogens is 1. The van der Waals surface area contributed by atoms with Crippen molar-refractivity contribution in [2.75, 3.05) is 32.0 Å². The number of hydrogen-bond acceptors (Lipinski definition) is 3. The predicted molar refractivity (Wildman–Crippen MR) is 84.5 cm³/mol. The van der Waals surface area contributed by atoms with Crippen molar-refractivity contribution in [3.05, 3.63) is 22.3 Å². The van der Waals surface area contributed by atoms with Crippen LogP contribution in [0, 0.1) is 18.3 Å². The number of anilines is 1. The lowest BCUT2D eigenvalue weighted by Crippen LogP contribution is -2.33. The first kappa shape index (κ1) is 14.8. The number of pyridine rings is 1. The molecule has 2 rings (SSSR count). The molecule has 1 aliphatic heterocycles. The van der Waals surface area contributed by atoms with E-state index in [1.54, 1.807) is 0 Å². The molecule has 1 saturated heterocycles. The maximum Gasteiger partial charge on any atom is 0.126 e. The lowest BCUT2D eigenvalue weighted by molar-refractivity contribution is 0.230. The third-order valence-corrected chi connectivity index (χ3v) is 5.10. The Morgan fingerprint density at radius 3 is 2.84 bits per heavy atom. The van der Waals surface area contributed by atoms with Crippen molar-refractivity contribution in [2.24, 2.45) is 11.3 Å². The van der Waals surface area contributed by atoms with E-state index in [4.69, 9.17) is 0 Å². The van der Waals surface area contributed by atoms with Gasteiger partial charge in [0.1, 0.15) is 5.82 Å². The van der Waals surface area contributed by atoms with Gasteiger partial charge in [-0.15, -0.1) is 0 Å². The Bertz CT molecular complexity index is 445. The minimum atomic E-state index is 0.299. The predicted octanol–water partition coefficient (Wildman–Crippen LogP) is 3.54. The Morgan fingerprint density at radius 2 is 2.26 bits per heavy atom. The van der Waals surface area contributed by atoms with Crippen molar-refractivity contribution < 1.29 is 0 Å². The molecule has 4 heteroatoms. The number of nitrogens with zero attached hydrogens (tertiary/aromatic N) is 2. The minimum Gasteiger partial charge on any atom is -0.370 e. The molecule has 1 aromatic rings. The van der Waals surface area contributed by atoms with Gasteiger partial charge in [-0.1, -0.05) is 13.8 Å². The molecule has 0 spiro atoms. The fraction of sp³-hybridized carbons (Fsp3) is 0.667. The second-order valence-electron chi connectivity index (χ2n) is 6.41. The Morgan fingerprint density at radius 1 is 1.53 bits per heavy atom. The summed E-state index contributed by atoms with van der Waals surface area (Å²) in [5.74, 6) is 1.74. The fourth-order valence-corrected chi connectivity index (χ4v) is 2.89. The molecular weight excluding hydrogens is 302 g/mol.